The predicted molar refractivity (Wildman–Crippen MR) is 57.1 cm³/mol. The van der Waals surface area contributed by atoms with E-state index in [0.717, 1.165) is 18.2 Å². The summed E-state index contributed by atoms with van der Waals surface area (Å²) < 4.78 is 30.5. The van der Waals surface area contributed by atoms with Gasteiger partial charge in [0.25, 0.3) is 0 Å². The first-order chi connectivity index (χ1) is 8.54. The molecule has 94 valence electrons. The summed E-state index contributed by atoms with van der Waals surface area (Å²) >= 11 is 0. The molecule has 0 spiro atoms. The average Bonchev–Trinajstić information content (AvgIpc) is 2.73. The molecule has 0 amide bonds. The van der Waals surface area contributed by atoms with Gasteiger partial charge in [-0.15, -0.1) is 0 Å². The fraction of sp³-hybridized carbons (Fsp3) is 0.0909. The number of benzene rings is 1. The molecule has 0 aliphatic heterocycles. The quantitative estimate of drug-likeness (QED) is 0.875. The Hall–Kier alpha value is -2.44. The first kappa shape index (κ1) is 12.0. The standard InChI is InChI=1S/C11H8F2N2O3/c12-6-1-7(13)3-8(2-6)14-5-9-4-10(11(16)17)15-18-9/h1-4,14H,5H2,(H,16,17). The van der Waals surface area contributed by atoms with Gasteiger partial charge in [0, 0.05) is 17.8 Å². The molecule has 0 fully saturated rings. The van der Waals surface area contributed by atoms with Crippen LogP contribution in [0.4, 0.5) is 14.5 Å². The van der Waals surface area contributed by atoms with E-state index in [0.29, 0.717) is 0 Å². The molecule has 1 aromatic heterocycles. The first-order valence-electron chi connectivity index (χ1n) is 4.93. The number of carboxylic acids is 1. The van der Waals surface area contributed by atoms with E-state index < -0.39 is 17.6 Å². The van der Waals surface area contributed by atoms with Gasteiger partial charge in [0.2, 0.25) is 0 Å². The van der Waals surface area contributed by atoms with Crippen molar-refractivity contribution in [2.24, 2.45) is 0 Å². The summed E-state index contributed by atoms with van der Waals surface area (Å²) in [6.45, 7) is 0.0726. The zero-order valence-corrected chi connectivity index (χ0v) is 8.98. The summed E-state index contributed by atoms with van der Waals surface area (Å²) in [6.07, 6.45) is 0. The molecule has 0 aliphatic rings. The molecule has 2 rings (SSSR count). The second kappa shape index (κ2) is 4.82. The number of nitrogens with zero attached hydrogens (tertiary/aromatic N) is 1. The number of aromatic nitrogens is 1. The van der Waals surface area contributed by atoms with Crippen LogP contribution in [0.5, 0.6) is 0 Å². The van der Waals surface area contributed by atoms with Gasteiger partial charge in [-0.1, -0.05) is 5.16 Å². The number of hydrogen-bond acceptors (Lipinski definition) is 4. The normalized spacial score (nSPS) is 10.3. The summed E-state index contributed by atoms with van der Waals surface area (Å²) in [5, 5.41) is 14.6. The third kappa shape index (κ3) is 2.82. The number of carbonyl (C=O) groups is 1. The lowest BCUT2D eigenvalue weighted by molar-refractivity contribution is 0.0685. The summed E-state index contributed by atoms with van der Waals surface area (Å²) in [5.41, 5.74) is -0.00185. The van der Waals surface area contributed by atoms with Crippen molar-refractivity contribution in [1.82, 2.24) is 5.16 Å². The highest BCUT2D eigenvalue weighted by molar-refractivity contribution is 5.85. The Bertz CT molecular complexity index is 563. The maximum absolute atomic E-state index is 12.9. The van der Waals surface area contributed by atoms with Crippen molar-refractivity contribution >= 4 is 11.7 Å². The van der Waals surface area contributed by atoms with Crippen LogP contribution in [0.2, 0.25) is 0 Å². The van der Waals surface area contributed by atoms with Crippen LogP contribution >= 0.6 is 0 Å². The predicted octanol–water partition coefficient (Wildman–Crippen LogP) is 2.26. The third-order valence-corrected chi connectivity index (χ3v) is 2.11. The van der Waals surface area contributed by atoms with Crippen LogP contribution in [0.15, 0.2) is 28.8 Å². The Morgan fingerprint density at radius 2 is 1.94 bits per heavy atom. The lowest BCUT2D eigenvalue weighted by Gasteiger charge is -2.03. The van der Waals surface area contributed by atoms with Gasteiger partial charge in [-0.25, -0.2) is 13.6 Å². The Morgan fingerprint density at radius 1 is 1.28 bits per heavy atom. The van der Waals surface area contributed by atoms with E-state index in [1.807, 2.05) is 0 Å². The van der Waals surface area contributed by atoms with Gasteiger partial charge in [0.05, 0.1) is 6.54 Å². The Kier molecular flexibility index (Phi) is 3.22. The second-order valence-electron chi connectivity index (χ2n) is 3.50. The molecular formula is C11H8F2N2O3. The highest BCUT2D eigenvalue weighted by atomic mass is 19.1. The molecule has 7 heteroatoms. The molecule has 0 radical (unpaired) electrons. The largest absolute Gasteiger partial charge is 0.476 e. The zero-order valence-electron chi connectivity index (χ0n) is 8.98. The highest BCUT2D eigenvalue weighted by Crippen LogP contribution is 2.14. The number of halogens is 2. The molecule has 0 saturated carbocycles. The molecule has 2 aromatic rings. The Labute approximate surface area is 100 Å². The number of aromatic carboxylic acids is 1. The van der Waals surface area contributed by atoms with E-state index in [2.05, 4.69) is 10.5 Å². The van der Waals surface area contributed by atoms with Crippen molar-refractivity contribution in [1.29, 1.82) is 0 Å². The van der Waals surface area contributed by atoms with Gasteiger partial charge in [-0.05, 0) is 12.1 Å². The van der Waals surface area contributed by atoms with E-state index in [-0.39, 0.29) is 23.7 Å². The smallest absolute Gasteiger partial charge is 0.358 e. The van der Waals surface area contributed by atoms with Crippen LogP contribution in [0.25, 0.3) is 0 Å². The van der Waals surface area contributed by atoms with Crippen LogP contribution in [-0.4, -0.2) is 16.2 Å². The number of anilines is 1. The van der Waals surface area contributed by atoms with E-state index in [1.54, 1.807) is 0 Å². The molecule has 2 N–H and O–H groups in total. The maximum atomic E-state index is 12.9. The Morgan fingerprint density at radius 3 is 2.50 bits per heavy atom. The van der Waals surface area contributed by atoms with Gasteiger partial charge < -0.3 is 14.9 Å². The molecule has 0 bridgehead atoms. The maximum Gasteiger partial charge on any atom is 0.358 e. The minimum atomic E-state index is -1.21. The minimum absolute atomic E-state index is 0.0726. The van der Waals surface area contributed by atoms with E-state index >= 15 is 0 Å². The topological polar surface area (TPSA) is 75.4 Å². The van der Waals surface area contributed by atoms with Crippen LogP contribution in [0.3, 0.4) is 0 Å². The van der Waals surface area contributed by atoms with Crippen LogP contribution in [-0.2, 0) is 6.54 Å². The van der Waals surface area contributed by atoms with Gasteiger partial charge in [0.15, 0.2) is 11.5 Å². The fourth-order valence-electron chi connectivity index (χ4n) is 1.34. The molecule has 0 atom stereocenters. The minimum Gasteiger partial charge on any atom is -0.476 e. The van der Waals surface area contributed by atoms with Crippen molar-refractivity contribution in [2.45, 2.75) is 6.54 Å². The van der Waals surface area contributed by atoms with E-state index in [9.17, 15) is 13.6 Å². The number of nitrogens with one attached hydrogen (secondary N) is 1. The fourth-order valence-corrected chi connectivity index (χ4v) is 1.34. The van der Waals surface area contributed by atoms with Crippen LogP contribution < -0.4 is 5.32 Å². The summed E-state index contributed by atoms with van der Waals surface area (Å²) in [7, 11) is 0. The van der Waals surface area contributed by atoms with Crippen molar-refractivity contribution in [3.8, 4) is 0 Å². The van der Waals surface area contributed by atoms with Crippen molar-refractivity contribution in [3.63, 3.8) is 0 Å². The molecule has 0 saturated heterocycles. The van der Waals surface area contributed by atoms with Crippen molar-refractivity contribution in [2.75, 3.05) is 5.32 Å². The molecule has 0 aliphatic carbocycles. The molecule has 0 unspecified atom stereocenters. The zero-order chi connectivity index (χ0) is 13.1. The van der Waals surface area contributed by atoms with Crippen molar-refractivity contribution < 1.29 is 23.2 Å². The first-order valence-corrected chi connectivity index (χ1v) is 4.93. The number of carboxylic acid groups (broad SMARTS) is 1. The molecule has 1 heterocycles. The lowest BCUT2D eigenvalue weighted by Crippen LogP contribution is -1.99. The highest BCUT2D eigenvalue weighted by Gasteiger charge is 2.10. The Balaban J connectivity index is 2.04. The third-order valence-electron chi connectivity index (χ3n) is 2.11. The SMILES string of the molecule is O=C(O)c1cc(CNc2cc(F)cc(F)c2)on1. The molecular weight excluding hydrogens is 246 g/mol. The van der Waals surface area contributed by atoms with Crippen LogP contribution in [0, 0.1) is 11.6 Å². The number of rotatable bonds is 4. The van der Waals surface area contributed by atoms with E-state index in [4.69, 9.17) is 9.63 Å². The van der Waals surface area contributed by atoms with Gasteiger partial charge in [-0.2, -0.15) is 0 Å². The van der Waals surface area contributed by atoms with Crippen LogP contribution in [0.1, 0.15) is 16.2 Å². The van der Waals surface area contributed by atoms with Crippen molar-refractivity contribution in [3.05, 3.63) is 47.4 Å². The number of hydrogen-bond donors (Lipinski definition) is 2. The molecule has 5 nitrogen and oxygen atoms in total. The molecule has 1 aromatic carbocycles. The second-order valence-corrected chi connectivity index (χ2v) is 3.50. The summed E-state index contributed by atoms with van der Waals surface area (Å²) in [5.74, 6) is -2.37. The summed E-state index contributed by atoms with van der Waals surface area (Å²) in [6, 6.07) is 4.20. The van der Waals surface area contributed by atoms with Gasteiger partial charge in [-0.3, -0.25) is 0 Å². The van der Waals surface area contributed by atoms with Gasteiger partial charge in [0.1, 0.15) is 11.6 Å². The van der Waals surface area contributed by atoms with Gasteiger partial charge >= 0.3 is 5.97 Å². The lowest BCUT2D eigenvalue weighted by atomic mass is 10.3. The molecule has 18 heavy (non-hydrogen) atoms. The monoisotopic (exact) mass is 254 g/mol. The average molecular weight is 254 g/mol. The van der Waals surface area contributed by atoms with E-state index in [1.165, 1.54) is 6.07 Å². The summed E-state index contributed by atoms with van der Waals surface area (Å²) in [4.78, 5) is 10.5.